The van der Waals surface area contributed by atoms with Crippen LogP contribution < -0.4 is 11.1 Å². The summed E-state index contributed by atoms with van der Waals surface area (Å²) in [6, 6.07) is 7.05. The van der Waals surface area contributed by atoms with Crippen LogP contribution in [0.4, 0.5) is 5.69 Å². The Balaban J connectivity index is 0.00000312. The van der Waals surface area contributed by atoms with E-state index < -0.39 is 16.8 Å². The first-order chi connectivity index (χ1) is 11.3. The van der Waals surface area contributed by atoms with E-state index in [2.05, 4.69) is 5.32 Å². The van der Waals surface area contributed by atoms with E-state index in [1.54, 1.807) is 0 Å². The van der Waals surface area contributed by atoms with Crippen LogP contribution in [0.25, 0.3) is 0 Å². The molecule has 2 rings (SSSR count). The molecule has 1 saturated carbocycles. The number of halogens is 1. The highest BCUT2D eigenvalue weighted by Gasteiger charge is 2.27. The van der Waals surface area contributed by atoms with Crippen molar-refractivity contribution in [3.63, 3.8) is 0 Å². The van der Waals surface area contributed by atoms with Crippen LogP contribution in [0, 0.1) is 5.41 Å². The van der Waals surface area contributed by atoms with E-state index in [0.29, 0.717) is 11.0 Å². The van der Waals surface area contributed by atoms with Gasteiger partial charge in [0.2, 0.25) is 5.91 Å². The van der Waals surface area contributed by atoms with E-state index in [1.807, 2.05) is 45.0 Å². The molecule has 0 aliphatic heterocycles. The lowest BCUT2D eigenvalue weighted by atomic mass is 9.87. The molecule has 1 aromatic rings. The molecule has 0 saturated heterocycles. The predicted octanol–water partition coefficient (Wildman–Crippen LogP) is 4.00. The van der Waals surface area contributed by atoms with Crippen molar-refractivity contribution < 1.29 is 9.00 Å². The third-order valence-electron chi connectivity index (χ3n) is 4.64. The first-order valence-electron chi connectivity index (χ1n) is 8.80. The number of nitrogens with two attached hydrogens (primary N) is 1. The maximum Gasteiger partial charge on any atom is 0.241 e. The maximum absolute atomic E-state index is 12.5. The zero-order valence-corrected chi connectivity index (χ0v) is 17.1. The molecule has 25 heavy (non-hydrogen) atoms. The van der Waals surface area contributed by atoms with Gasteiger partial charge in [-0.1, -0.05) is 52.2 Å². The molecule has 1 aromatic carbocycles. The zero-order valence-electron chi connectivity index (χ0n) is 15.4. The molecule has 1 amide bonds. The van der Waals surface area contributed by atoms with Gasteiger partial charge in [-0.2, -0.15) is 0 Å². The summed E-state index contributed by atoms with van der Waals surface area (Å²) in [5, 5.41) is 3.20. The van der Waals surface area contributed by atoms with Crippen LogP contribution in [0.3, 0.4) is 0 Å². The van der Waals surface area contributed by atoms with Crippen LogP contribution in [0.1, 0.15) is 58.4 Å². The van der Waals surface area contributed by atoms with Gasteiger partial charge >= 0.3 is 0 Å². The first kappa shape index (κ1) is 22.1. The standard InChI is InChI=1S/C19H30N2O2S.ClH/c1-19(2,3)17(20)18(22)21-15-9-7-8-14(12-15)13-24(23)16-10-5-4-6-11-16;/h7-9,12,16-17H,4-6,10-11,13,20H2,1-3H3,(H,21,22);1H/t17-,24?;/m1./s1. The molecule has 4 nitrogen and oxygen atoms in total. The van der Waals surface area contributed by atoms with Gasteiger partial charge < -0.3 is 11.1 Å². The van der Waals surface area contributed by atoms with Gasteiger partial charge in [0.05, 0.1) is 6.04 Å². The molecule has 1 fully saturated rings. The molecule has 2 atom stereocenters. The second kappa shape index (κ2) is 9.70. The van der Waals surface area contributed by atoms with Gasteiger partial charge in [-0.15, -0.1) is 12.4 Å². The fourth-order valence-electron chi connectivity index (χ4n) is 2.96. The number of anilines is 1. The van der Waals surface area contributed by atoms with Crippen LogP contribution in [-0.2, 0) is 21.3 Å². The van der Waals surface area contributed by atoms with Crippen LogP contribution in [0.2, 0.25) is 0 Å². The predicted molar refractivity (Wildman–Crippen MR) is 108 cm³/mol. The Labute approximate surface area is 160 Å². The summed E-state index contributed by atoms with van der Waals surface area (Å²) in [7, 11) is -0.839. The second-order valence-electron chi connectivity index (χ2n) is 7.82. The fraction of sp³-hybridized carbons (Fsp3) is 0.632. The van der Waals surface area contributed by atoms with Gasteiger partial charge in [-0.05, 0) is 36.0 Å². The summed E-state index contributed by atoms with van der Waals surface area (Å²) in [6.07, 6.45) is 5.80. The van der Waals surface area contributed by atoms with Crippen LogP contribution >= 0.6 is 12.4 Å². The van der Waals surface area contributed by atoms with Crippen molar-refractivity contribution in [2.24, 2.45) is 11.1 Å². The largest absolute Gasteiger partial charge is 0.325 e. The second-order valence-corrected chi connectivity index (χ2v) is 9.54. The van der Waals surface area contributed by atoms with Gasteiger partial charge in [-0.3, -0.25) is 9.00 Å². The number of benzene rings is 1. The third kappa shape index (κ3) is 6.72. The zero-order chi connectivity index (χ0) is 17.7. The highest BCUT2D eigenvalue weighted by Crippen LogP contribution is 2.24. The number of carbonyl (C=O) groups is 1. The van der Waals surface area contributed by atoms with E-state index in [4.69, 9.17) is 5.73 Å². The van der Waals surface area contributed by atoms with Crippen molar-refractivity contribution in [2.45, 2.75) is 69.9 Å². The maximum atomic E-state index is 12.5. The topological polar surface area (TPSA) is 72.2 Å². The Hall–Kier alpha value is -0.910. The first-order valence-corrected chi connectivity index (χ1v) is 10.2. The Bertz CT molecular complexity index is 595. The van der Waals surface area contributed by atoms with Crippen molar-refractivity contribution in [1.82, 2.24) is 0 Å². The van der Waals surface area contributed by atoms with Crippen molar-refractivity contribution in [3.8, 4) is 0 Å². The molecule has 0 bridgehead atoms. The monoisotopic (exact) mass is 386 g/mol. The Morgan fingerprint density at radius 2 is 1.92 bits per heavy atom. The van der Waals surface area contributed by atoms with Crippen molar-refractivity contribution in [1.29, 1.82) is 0 Å². The fourth-order valence-corrected chi connectivity index (χ4v) is 4.57. The van der Waals surface area contributed by atoms with E-state index >= 15 is 0 Å². The highest BCUT2D eigenvalue weighted by atomic mass is 35.5. The summed E-state index contributed by atoms with van der Waals surface area (Å²) in [5.74, 6) is 0.368. The third-order valence-corrected chi connectivity index (χ3v) is 6.48. The van der Waals surface area contributed by atoms with Crippen molar-refractivity contribution >= 4 is 34.8 Å². The molecule has 1 unspecified atom stereocenters. The molecular formula is C19H31ClN2O2S. The molecule has 1 aliphatic carbocycles. The summed E-state index contributed by atoms with van der Waals surface area (Å²) in [5.41, 5.74) is 7.43. The average molecular weight is 387 g/mol. The molecule has 0 radical (unpaired) electrons. The van der Waals surface area contributed by atoms with Gasteiger partial charge in [0.25, 0.3) is 0 Å². The number of nitrogens with one attached hydrogen (secondary N) is 1. The quantitative estimate of drug-likeness (QED) is 0.803. The van der Waals surface area contributed by atoms with Gasteiger partial charge in [0.1, 0.15) is 0 Å². The summed E-state index contributed by atoms with van der Waals surface area (Å²) < 4.78 is 12.5. The smallest absolute Gasteiger partial charge is 0.241 e. The molecule has 1 aliphatic rings. The number of hydrogen-bond acceptors (Lipinski definition) is 3. The SMILES string of the molecule is CC(C)(C)[C@H](N)C(=O)Nc1cccc(CS(=O)C2CCCCC2)c1.Cl. The normalized spacial score (nSPS) is 18.1. The minimum atomic E-state index is -0.839. The number of rotatable bonds is 5. The lowest BCUT2D eigenvalue weighted by Crippen LogP contribution is -2.45. The minimum absolute atomic E-state index is 0. The van der Waals surface area contributed by atoms with Crippen molar-refractivity contribution in [2.75, 3.05) is 5.32 Å². The molecule has 0 aromatic heterocycles. The van der Waals surface area contributed by atoms with Gasteiger partial charge in [0.15, 0.2) is 0 Å². The van der Waals surface area contributed by atoms with Crippen LogP contribution in [0.5, 0.6) is 0 Å². The minimum Gasteiger partial charge on any atom is -0.325 e. The van der Waals surface area contributed by atoms with Crippen molar-refractivity contribution in [3.05, 3.63) is 29.8 Å². The highest BCUT2D eigenvalue weighted by molar-refractivity contribution is 7.84. The average Bonchev–Trinajstić information content (AvgIpc) is 2.54. The summed E-state index contributed by atoms with van der Waals surface area (Å²) >= 11 is 0. The summed E-state index contributed by atoms with van der Waals surface area (Å²) in [6.45, 7) is 5.84. The van der Waals surface area contributed by atoms with Gasteiger partial charge in [0, 0.05) is 27.5 Å². The van der Waals surface area contributed by atoms with E-state index in [0.717, 1.165) is 24.1 Å². The lowest BCUT2D eigenvalue weighted by Gasteiger charge is -2.26. The van der Waals surface area contributed by atoms with Crippen LogP contribution in [0.15, 0.2) is 24.3 Å². The Kier molecular flexibility index (Phi) is 8.58. The molecule has 3 N–H and O–H groups in total. The molecular weight excluding hydrogens is 356 g/mol. The van der Waals surface area contributed by atoms with E-state index in [-0.39, 0.29) is 23.7 Å². The molecule has 0 heterocycles. The number of amides is 1. The van der Waals surface area contributed by atoms with E-state index in [1.165, 1.54) is 19.3 Å². The molecule has 142 valence electrons. The number of hydrogen-bond donors (Lipinski definition) is 2. The summed E-state index contributed by atoms with van der Waals surface area (Å²) in [4.78, 5) is 12.2. The number of carbonyl (C=O) groups excluding carboxylic acids is 1. The van der Waals surface area contributed by atoms with Crippen LogP contribution in [-0.4, -0.2) is 21.4 Å². The Morgan fingerprint density at radius 3 is 2.52 bits per heavy atom. The van der Waals surface area contributed by atoms with E-state index in [9.17, 15) is 9.00 Å². The molecule has 6 heteroatoms. The van der Waals surface area contributed by atoms with Gasteiger partial charge in [-0.25, -0.2) is 0 Å². The Morgan fingerprint density at radius 1 is 1.28 bits per heavy atom. The lowest BCUT2D eigenvalue weighted by molar-refractivity contribution is -0.119. The molecule has 0 spiro atoms.